The standard InChI is InChI=1S/C18H30N6O2/c1-3-13(11-25)22-17-15-9-24(14-5-4-7-19-8-6-14)16(26)10-23(2)18(15)21-12-20-17/h12-14,19,25H,3-11H2,1-2H3,(H,20,21,22). The number of carbonyl (C=O) groups excluding carboxylic acids is 1. The average molecular weight is 362 g/mol. The maximum absolute atomic E-state index is 12.9. The van der Waals surface area contributed by atoms with Gasteiger partial charge in [0, 0.05) is 13.1 Å². The lowest BCUT2D eigenvalue weighted by Crippen LogP contribution is -2.43. The first-order chi connectivity index (χ1) is 12.6. The Morgan fingerprint density at radius 1 is 1.35 bits per heavy atom. The molecule has 0 aliphatic carbocycles. The number of rotatable bonds is 5. The first kappa shape index (κ1) is 18.8. The number of likely N-dealkylation sites (N-methyl/N-ethyl adjacent to an activating group) is 1. The van der Waals surface area contributed by atoms with Gasteiger partial charge < -0.3 is 25.5 Å². The van der Waals surface area contributed by atoms with Gasteiger partial charge in [0.1, 0.15) is 18.0 Å². The molecule has 144 valence electrons. The third-order valence-corrected chi connectivity index (χ3v) is 5.35. The first-order valence-corrected chi connectivity index (χ1v) is 9.56. The van der Waals surface area contributed by atoms with E-state index in [1.165, 1.54) is 6.33 Å². The molecule has 1 saturated heterocycles. The normalized spacial score (nSPS) is 22.4. The smallest absolute Gasteiger partial charge is 0.242 e. The maximum Gasteiger partial charge on any atom is 0.242 e. The van der Waals surface area contributed by atoms with Crippen LogP contribution in [0.15, 0.2) is 6.33 Å². The van der Waals surface area contributed by atoms with Gasteiger partial charge in [-0.2, -0.15) is 0 Å². The summed E-state index contributed by atoms with van der Waals surface area (Å²) in [7, 11) is 1.90. The number of hydrogen-bond donors (Lipinski definition) is 3. The molecule has 0 bridgehead atoms. The molecule has 2 aliphatic heterocycles. The molecule has 0 radical (unpaired) electrons. The summed E-state index contributed by atoms with van der Waals surface area (Å²) in [4.78, 5) is 25.7. The molecule has 3 N–H and O–H groups in total. The summed E-state index contributed by atoms with van der Waals surface area (Å²) in [5.41, 5.74) is 0.935. The molecule has 2 aliphatic rings. The number of anilines is 2. The molecular formula is C18H30N6O2. The van der Waals surface area contributed by atoms with Crippen LogP contribution in [0, 0.1) is 0 Å². The zero-order valence-electron chi connectivity index (χ0n) is 15.7. The summed E-state index contributed by atoms with van der Waals surface area (Å²) in [6.07, 6.45) is 5.38. The van der Waals surface area contributed by atoms with Gasteiger partial charge in [0.25, 0.3) is 0 Å². The number of nitrogens with zero attached hydrogens (tertiary/aromatic N) is 4. The Kier molecular flexibility index (Phi) is 6.26. The van der Waals surface area contributed by atoms with Crippen molar-refractivity contribution in [3.8, 4) is 0 Å². The van der Waals surface area contributed by atoms with E-state index in [-0.39, 0.29) is 24.6 Å². The average Bonchev–Trinajstić information content (AvgIpc) is 2.98. The van der Waals surface area contributed by atoms with Crippen molar-refractivity contribution in [2.75, 3.05) is 43.5 Å². The van der Waals surface area contributed by atoms with E-state index in [0.29, 0.717) is 18.9 Å². The second kappa shape index (κ2) is 8.64. The third kappa shape index (κ3) is 4.07. The summed E-state index contributed by atoms with van der Waals surface area (Å²) in [6, 6.07) is 0.179. The molecule has 8 nitrogen and oxygen atoms in total. The number of aromatic nitrogens is 2. The Bertz CT molecular complexity index is 614. The minimum absolute atomic E-state index is 0.0437. The Morgan fingerprint density at radius 3 is 2.96 bits per heavy atom. The molecule has 3 rings (SSSR count). The van der Waals surface area contributed by atoms with Crippen LogP contribution in [0.5, 0.6) is 0 Å². The zero-order chi connectivity index (χ0) is 18.5. The summed E-state index contributed by atoms with van der Waals surface area (Å²) in [5.74, 6) is 1.64. The minimum Gasteiger partial charge on any atom is -0.394 e. The highest BCUT2D eigenvalue weighted by atomic mass is 16.3. The van der Waals surface area contributed by atoms with Crippen molar-refractivity contribution in [1.82, 2.24) is 20.2 Å². The van der Waals surface area contributed by atoms with Crippen molar-refractivity contribution < 1.29 is 9.90 Å². The molecule has 1 aromatic heterocycles. The summed E-state index contributed by atoms with van der Waals surface area (Å²) in [5, 5.41) is 16.3. The van der Waals surface area contributed by atoms with Gasteiger partial charge in [-0.05, 0) is 38.8 Å². The highest BCUT2D eigenvalue weighted by molar-refractivity contribution is 5.84. The summed E-state index contributed by atoms with van der Waals surface area (Å²) < 4.78 is 0. The molecule has 1 amide bonds. The number of aliphatic hydroxyl groups is 1. The lowest BCUT2D eigenvalue weighted by Gasteiger charge is -2.30. The van der Waals surface area contributed by atoms with Crippen molar-refractivity contribution in [3.63, 3.8) is 0 Å². The number of amides is 1. The topological polar surface area (TPSA) is 93.6 Å². The van der Waals surface area contributed by atoms with Crippen molar-refractivity contribution in [2.45, 2.75) is 51.2 Å². The first-order valence-electron chi connectivity index (χ1n) is 9.56. The van der Waals surface area contributed by atoms with E-state index in [0.717, 1.165) is 50.2 Å². The van der Waals surface area contributed by atoms with Crippen molar-refractivity contribution >= 4 is 17.5 Å². The van der Waals surface area contributed by atoms with E-state index in [4.69, 9.17) is 0 Å². The van der Waals surface area contributed by atoms with E-state index in [9.17, 15) is 9.90 Å². The summed E-state index contributed by atoms with van der Waals surface area (Å²) >= 11 is 0. The van der Waals surface area contributed by atoms with Gasteiger partial charge in [-0.15, -0.1) is 0 Å². The molecule has 1 fully saturated rings. The number of aliphatic hydroxyl groups excluding tert-OH is 1. The molecule has 0 aromatic carbocycles. The van der Waals surface area contributed by atoms with E-state index < -0.39 is 0 Å². The molecule has 26 heavy (non-hydrogen) atoms. The van der Waals surface area contributed by atoms with E-state index in [1.807, 2.05) is 23.8 Å². The van der Waals surface area contributed by atoms with E-state index in [2.05, 4.69) is 20.6 Å². The van der Waals surface area contributed by atoms with Crippen LogP contribution in [0.2, 0.25) is 0 Å². The van der Waals surface area contributed by atoms with Crippen molar-refractivity contribution in [1.29, 1.82) is 0 Å². The fraction of sp³-hybridized carbons (Fsp3) is 0.722. The SMILES string of the molecule is CCC(CO)Nc1ncnc2c1CN(C1CCCNCC1)C(=O)CN2C. The molecule has 1 aromatic rings. The monoisotopic (exact) mass is 362 g/mol. The van der Waals surface area contributed by atoms with Crippen LogP contribution in [0.3, 0.4) is 0 Å². The highest BCUT2D eigenvalue weighted by Gasteiger charge is 2.32. The number of carbonyl (C=O) groups is 1. The third-order valence-electron chi connectivity index (χ3n) is 5.35. The van der Waals surface area contributed by atoms with Gasteiger partial charge in [0.2, 0.25) is 5.91 Å². The van der Waals surface area contributed by atoms with Crippen molar-refractivity contribution in [3.05, 3.63) is 11.9 Å². The van der Waals surface area contributed by atoms with Gasteiger partial charge in [-0.3, -0.25) is 4.79 Å². The highest BCUT2D eigenvalue weighted by Crippen LogP contribution is 2.30. The number of fused-ring (bicyclic) bond motifs is 1. The Labute approximate surface area is 155 Å². The van der Waals surface area contributed by atoms with Gasteiger partial charge >= 0.3 is 0 Å². The molecule has 0 spiro atoms. The second-order valence-electron chi connectivity index (χ2n) is 7.17. The lowest BCUT2D eigenvalue weighted by atomic mass is 10.1. The maximum atomic E-state index is 12.9. The van der Waals surface area contributed by atoms with Gasteiger partial charge in [0.15, 0.2) is 0 Å². The number of nitrogens with one attached hydrogen (secondary N) is 2. The molecule has 8 heteroatoms. The van der Waals surface area contributed by atoms with Crippen LogP contribution in [0.25, 0.3) is 0 Å². The van der Waals surface area contributed by atoms with Gasteiger partial charge in [0.05, 0.1) is 31.3 Å². The molecule has 0 saturated carbocycles. The fourth-order valence-electron chi connectivity index (χ4n) is 3.74. The van der Waals surface area contributed by atoms with Crippen LogP contribution in [-0.2, 0) is 11.3 Å². The van der Waals surface area contributed by atoms with Crippen LogP contribution < -0.4 is 15.5 Å². The van der Waals surface area contributed by atoms with Gasteiger partial charge in [-0.1, -0.05) is 6.92 Å². The molecule has 2 unspecified atom stereocenters. The molecular weight excluding hydrogens is 332 g/mol. The molecule has 2 atom stereocenters. The van der Waals surface area contributed by atoms with Crippen LogP contribution in [0.1, 0.15) is 38.2 Å². The quantitative estimate of drug-likeness (QED) is 0.705. The van der Waals surface area contributed by atoms with E-state index in [1.54, 1.807) is 0 Å². The van der Waals surface area contributed by atoms with Gasteiger partial charge in [-0.25, -0.2) is 9.97 Å². The van der Waals surface area contributed by atoms with Crippen molar-refractivity contribution in [2.24, 2.45) is 0 Å². The number of hydrogen-bond acceptors (Lipinski definition) is 7. The Morgan fingerprint density at radius 2 is 2.19 bits per heavy atom. The zero-order valence-corrected chi connectivity index (χ0v) is 15.7. The lowest BCUT2D eigenvalue weighted by molar-refractivity contribution is -0.132. The fourth-order valence-corrected chi connectivity index (χ4v) is 3.74. The predicted octanol–water partition coefficient (Wildman–Crippen LogP) is 0.580. The van der Waals surface area contributed by atoms with Crippen LogP contribution in [0.4, 0.5) is 11.6 Å². The minimum atomic E-state index is -0.0613. The van der Waals surface area contributed by atoms with Crippen LogP contribution in [-0.4, -0.2) is 71.3 Å². The second-order valence-corrected chi connectivity index (χ2v) is 7.17. The molecule has 3 heterocycles. The van der Waals surface area contributed by atoms with E-state index >= 15 is 0 Å². The van der Waals surface area contributed by atoms with Crippen LogP contribution >= 0.6 is 0 Å². The Hall–Kier alpha value is -1.93. The summed E-state index contributed by atoms with van der Waals surface area (Å²) in [6.45, 7) is 4.85. The Balaban J connectivity index is 1.91. The largest absolute Gasteiger partial charge is 0.394 e. The predicted molar refractivity (Wildman–Crippen MR) is 101 cm³/mol.